The number of nitrogens with zero attached hydrogens (tertiary/aromatic N) is 1. The summed E-state index contributed by atoms with van der Waals surface area (Å²) in [6.45, 7) is 1.39. The lowest BCUT2D eigenvalue weighted by atomic mass is 10.2. The van der Waals surface area contributed by atoms with E-state index < -0.39 is 0 Å². The monoisotopic (exact) mass is 157 g/mol. The molecule has 0 radical (unpaired) electrons. The van der Waals surface area contributed by atoms with Gasteiger partial charge in [-0.2, -0.15) is 0 Å². The summed E-state index contributed by atoms with van der Waals surface area (Å²) >= 11 is 0. The molecule has 0 unspecified atom stereocenters. The maximum absolute atomic E-state index is 8.63. The van der Waals surface area contributed by atoms with Gasteiger partial charge in [-0.1, -0.05) is 12.8 Å². The van der Waals surface area contributed by atoms with E-state index in [0.29, 0.717) is 6.61 Å². The van der Waals surface area contributed by atoms with Gasteiger partial charge in [-0.15, -0.1) is 0 Å². The largest absolute Gasteiger partial charge is 0.396 e. The van der Waals surface area contributed by atoms with Gasteiger partial charge >= 0.3 is 0 Å². The topological polar surface area (TPSA) is 23.5 Å². The molecule has 0 saturated heterocycles. The molecule has 0 aromatic carbocycles. The van der Waals surface area contributed by atoms with Crippen molar-refractivity contribution < 1.29 is 5.11 Å². The first kappa shape index (κ1) is 9.01. The fourth-order valence-corrected chi connectivity index (χ4v) is 1.85. The molecule has 1 fully saturated rings. The minimum Gasteiger partial charge on any atom is -0.396 e. The molecule has 0 aliphatic heterocycles. The quantitative estimate of drug-likeness (QED) is 0.663. The second kappa shape index (κ2) is 4.73. The van der Waals surface area contributed by atoms with Gasteiger partial charge in [0.1, 0.15) is 0 Å². The standard InChI is InChI=1S/C9H19NO/c1-10(7-4-8-11)9-5-2-3-6-9/h9,11H,2-8H2,1H3. The number of rotatable bonds is 4. The summed E-state index contributed by atoms with van der Waals surface area (Å²) in [5.41, 5.74) is 0. The van der Waals surface area contributed by atoms with Crippen LogP contribution in [0, 0.1) is 0 Å². The minimum atomic E-state index is 0.330. The van der Waals surface area contributed by atoms with Gasteiger partial charge in [0.25, 0.3) is 0 Å². The van der Waals surface area contributed by atoms with Crippen LogP contribution in [0.2, 0.25) is 0 Å². The first-order valence-electron chi connectivity index (χ1n) is 4.65. The summed E-state index contributed by atoms with van der Waals surface area (Å²) in [6, 6.07) is 0.807. The molecule has 1 aliphatic rings. The van der Waals surface area contributed by atoms with Gasteiger partial charge in [0.2, 0.25) is 0 Å². The highest BCUT2D eigenvalue weighted by molar-refractivity contribution is 4.74. The van der Waals surface area contributed by atoms with E-state index in [0.717, 1.165) is 19.0 Å². The van der Waals surface area contributed by atoms with Crippen LogP contribution in [0.15, 0.2) is 0 Å². The fourth-order valence-electron chi connectivity index (χ4n) is 1.85. The van der Waals surface area contributed by atoms with Crippen LogP contribution in [0.4, 0.5) is 0 Å². The molecule has 1 N–H and O–H groups in total. The number of hydrogen-bond donors (Lipinski definition) is 1. The van der Waals surface area contributed by atoms with E-state index in [1.807, 2.05) is 0 Å². The van der Waals surface area contributed by atoms with Crippen LogP contribution in [0.25, 0.3) is 0 Å². The van der Waals surface area contributed by atoms with E-state index in [9.17, 15) is 0 Å². The van der Waals surface area contributed by atoms with Gasteiger partial charge in [-0.25, -0.2) is 0 Å². The predicted octanol–water partition coefficient (Wildman–Crippen LogP) is 1.24. The first-order valence-corrected chi connectivity index (χ1v) is 4.65. The maximum Gasteiger partial charge on any atom is 0.0443 e. The van der Waals surface area contributed by atoms with Crippen molar-refractivity contribution in [1.82, 2.24) is 4.90 Å². The zero-order chi connectivity index (χ0) is 8.10. The molecule has 0 atom stereocenters. The smallest absolute Gasteiger partial charge is 0.0443 e. The van der Waals surface area contributed by atoms with Gasteiger partial charge in [-0.05, 0) is 26.3 Å². The van der Waals surface area contributed by atoms with Crippen molar-refractivity contribution in [2.24, 2.45) is 0 Å². The van der Waals surface area contributed by atoms with Crippen molar-refractivity contribution in [2.75, 3.05) is 20.2 Å². The summed E-state index contributed by atoms with van der Waals surface area (Å²) < 4.78 is 0. The Bertz CT molecular complexity index is 99.7. The van der Waals surface area contributed by atoms with Crippen molar-refractivity contribution in [3.05, 3.63) is 0 Å². The normalized spacial score (nSPS) is 19.9. The Kier molecular flexibility index (Phi) is 3.87. The Hall–Kier alpha value is -0.0800. The van der Waals surface area contributed by atoms with Crippen LogP contribution in [0.1, 0.15) is 32.1 Å². The molecule has 0 bridgehead atoms. The first-order chi connectivity index (χ1) is 5.34. The Morgan fingerprint density at radius 1 is 1.36 bits per heavy atom. The van der Waals surface area contributed by atoms with Crippen LogP contribution in [0.5, 0.6) is 0 Å². The average Bonchev–Trinajstić information content (AvgIpc) is 2.52. The van der Waals surface area contributed by atoms with Crippen LogP contribution in [-0.2, 0) is 0 Å². The number of aliphatic hydroxyl groups excluding tert-OH is 1. The van der Waals surface area contributed by atoms with E-state index >= 15 is 0 Å². The van der Waals surface area contributed by atoms with Crippen molar-refractivity contribution in [3.8, 4) is 0 Å². The van der Waals surface area contributed by atoms with Gasteiger partial charge in [0.15, 0.2) is 0 Å². The molecule has 1 aliphatic carbocycles. The van der Waals surface area contributed by atoms with Crippen molar-refractivity contribution in [2.45, 2.75) is 38.1 Å². The molecular weight excluding hydrogens is 138 g/mol. The average molecular weight is 157 g/mol. The second-order valence-corrected chi connectivity index (χ2v) is 3.50. The highest BCUT2D eigenvalue weighted by Gasteiger charge is 2.18. The van der Waals surface area contributed by atoms with E-state index in [2.05, 4.69) is 11.9 Å². The highest BCUT2D eigenvalue weighted by Crippen LogP contribution is 2.22. The summed E-state index contributed by atoms with van der Waals surface area (Å²) in [7, 11) is 2.17. The predicted molar refractivity (Wildman–Crippen MR) is 46.6 cm³/mol. The number of hydrogen-bond acceptors (Lipinski definition) is 2. The molecule has 1 saturated carbocycles. The lowest BCUT2D eigenvalue weighted by molar-refractivity contribution is 0.208. The molecule has 2 nitrogen and oxygen atoms in total. The van der Waals surface area contributed by atoms with Crippen LogP contribution in [-0.4, -0.2) is 36.2 Å². The van der Waals surface area contributed by atoms with Gasteiger partial charge in [0.05, 0.1) is 0 Å². The van der Waals surface area contributed by atoms with E-state index in [1.54, 1.807) is 0 Å². The zero-order valence-corrected chi connectivity index (χ0v) is 7.42. The molecule has 0 aromatic rings. The minimum absolute atomic E-state index is 0.330. The molecule has 0 heterocycles. The highest BCUT2D eigenvalue weighted by atomic mass is 16.3. The number of aliphatic hydroxyl groups is 1. The summed E-state index contributed by atoms with van der Waals surface area (Å²) in [5.74, 6) is 0. The molecule has 0 amide bonds. The molecule has 0 aromatic heterocycles. The molecule has 1 rings (SSSR count). The van der Waals surface area contributed by atoms with Crippen molar-refractivity contribution in [3.63, 3.8) is 0 Å². The lowest BCUT2D eigenvalue weighted by Crippen LogP contribution is -2.30. The molecule has 2 heteroatoms. The third-order valence-corrected chi connectivity index (χ3v) is 2.62. The van der Waals surface area contributed by atoms with Crippen LogP contribution >= 0.6 is 0 Å². The summed E-state index contributed by atoms with van der Waals surface area (Å²) in [4.78, 5) is 2.39. The zero-order valence-electron chi connectivity index (χ0n) is 7.42. The summed E-state index contributed by atoms with van der Waals surface area (Å²) in [6.07, 6.45) is 6.44. The fraction of sp³-hybridized carbons (Fsp3) is 1.00. The lowest BCUT2D eigenvalue weighted by Gasteiger charge is -2.23. The molecular formula is C9H19NO. The third-order valence-electron chi connectivity index (χ3n) is 2.62. The SMILES string of the molecule is CN(CCCO)C1CCCC1. The van der Waals surface area contributed by atoms with Gasteiger partial charge in [-0.3, -0.25) is 0 Å². The van der Waals surface area contributed by atoms with E-state index in [1.165, 1.54) is 25.7 Å². The Labute approximate surface area is 69.2 Å². The van der Waals surface area contributed by atoms with Gasteiger partial charge < -0.3 is 10.0 Å². The molecule has 11 heavy (non-hydrogen) atoms. The van der Waals surface area contributed by atoms with E-state index in [4.69, 9.17) is 5.11 Å². The second-order valence-electron chi connectivity index (χ2n) is 3.50. The Balaban J connectivity index is 2.12. The molecule has 66 valence electrons. The van der Waals surface area contributed by atoms with Crippen molar-refractivity contribution >= 4 is 0 Å². The van der Waals surface area contributed by atoms with Crippen LogP contribution in [0.3, 0.4) is 0 Å². The van der Waals surface area contributed by atoms with Crippen LogP contribution < -0.4 is 0 Å². The maximum atomic E-state index is 8.63. The summed E-state index contributed by atoms with van der Waals surface area (Å²) in [5, 5.41) is 8.63. The Morgan fingerprint density at radius 3 is 2.55 bits per heavy atom. The Morgan fingerprint density at radius 2 is 2.00 bits per heavy atom. The molecule has 0 spiro atoms. The van der Waals surface area contributed by atoms with Gasteiger partial charge in [0, 0.05) is 19.2 Å². The van der Waals surface area contributed by atoms with Crippen molar-refractivity contribution in [1.29, 1.82) is 0 Å². The van der Waals surface area contributed by atoms with E-state index in [-0.39, 0.29) is 0 Å². The third kappa shape index (κ3) is 2.80.